The van der Waals surface area contributed by atoms with Gasteiger partial charge in [0.05, 0.1) is 13.7 Å². The zero-order chi connectivity index (χ0) is 14.1. The molecule has 1 aromatic carbocycles. The molecule has 1 N–H and O–H groups in total. The van der Waals surface area contributed by atoms with E-state index in [0.717, 1.165) is 11.3 Å². The van der Waals surface area contributed by atoms with Gasteiger partial charge in [0, 0.05) is 18.6 Å². The molecular weight excluding hydrogens is 262 g/mol. The van der Waals surface area contributed by atoms with Gasteiger partial charge in [0.15, 0.2) is 5.54 Å². The molecule has 0 aliphatic heterocycles. The Kier molecular flexibility index (Phi) is 6.91. The van der Waals surface area contributed by atoms with Crippen molar-refractivity contribution in [2.75, 3.05) is 39.4 Å². The van der Waals surface area contributed by atoms with Crippen molar-refractivity contribution in [2.24, 2.45) is 0 Å². The van der Waals surface area contributed by atoms with Crippen LogP contribution in [0.2, 0.25) is 0 Å². The highest BCUT2D eigenvalue weighted by Crippen LogP contribution is 2.27. The summed E-state index contributed by atoms with van der Waals surface area (Å²) < 4.78 is 10.00. The van der Waals surface area contributed by atoms with E-state index in [0.29, 0.717) is 12.4 Å². The number of carbonyl (C=O) groups is 1. The van der Waals surface area contributed by atoms with Crippen molar-refractivity contribution in [3.63, 3.8) is 0 Å². The number of ether oxygens (including phenoxy) is 2. The lowest BCUT2D eigenvalue weighted by molar-refractivity contribution is -0.147. The predicted octanol–water partition coefficient (Wildman–Crippen LogP) is 1.65. The monoisotopic (exact) mass is 283 g/mol. The summed E-state index contributed by atoms with van der Waals surface area (Å²) >= 11 is 1.66. The van der Waals surface area contributed by atoms with Gasteiger partial charge in [-0.05, 0) is 12.6 Å². The first-order valence-electron chi connectivity index (χ1n) is 6.11. The molecule has 0 aliphatic carbocycles. The van der Waals surface area contributed by atoms with Crippen molar-refractivity contribution in [3.05, 3.63) is 35.9 Å². The van der Waals surface area contributed by atoms with Crippen LogP contribution in [0, 0.1) is 0 Å². The van der Waals surface area contributed by atoms with Crippen molar-refractivity contribution >= 4 is 17.7 Å². The van der Waals surface area contributed by atoms with Gasteiger partial charge in [0.25, 0.3) is 0 Å². The zero-order valence-corrected chi connectivity index (χ0v) is 12.5. The Morgan fingerprint density at radius 3 is 2.53 bits per heavy atom. The summed E-state index contributed by atoms with van der Waals surface area (Å²) in [7, 11) is 4.86. The van der Waals surface area contributed by atoms with E-state index in [1.54, 1.807) is 25.9 Å². The molecule has 106 valence electrons. The Hall–Kier alpha value is -1.04. The summed E-state index contributed by atoms with van der Waals surface area (Å²) in [6, 6.07) is 9.64. The number of methoxy groups -OCH3 is 2. The second-order valence-electron chi connectivity index (χ2n) is 4.06. The summed E-state index contributed by atoms with van der Waals surface area (Å²) in [4.78, 5) is 12.2. The van der Waals surface area contributed by atoms with Crippen molar-refractivity contribution in [2.45, 2.75) is 5.54 Å². The van der Waals surface area contributed by atoms with Gasteiger partial charge in [-0.1, -0.05) is 30.3 Å². The molecule has 1 atom stereocenters. The van der Waals surface area contributed by atoms with Gasteiger partial charge in [0.1, 0.15) is 0 Å². The van der Waals surface area contributed by atoms with Crippen LogP contribution in [0.5, 0.6) is 0 Å². The zero-order valence-electron chi connectivity index (χ0n) is 11.6. The standard InChI is InChI=1S/C14H21NO3S/c1-15-14(13(16)18-3,11-19-10-9-17-2)12-7-5-4-6-8-12/h4-8,15H,9-11H2,1-3H3. The van der Waals surface area contributed by atoms with E-state index in [1.165, 1.54) is 7.11 Å². The lowest BCUT2D eigenvalue weighted by Crippen LogP contribution is -2.50. The third kappa shape index (κ3) is 3.96. The Balaban J connectivity index is 2.92. The number of carbonyl (C=O) groups excluding carboxylic acids is 1. The molecular formula is C14H21NO3S. The molecule has 1 rings (SSSR count). The van der Waals surface area contributed by atoms with E-state index in [4.69, 9.17) is 9.47 Å². The van der Waals surface area contributed by atoms with Crippen LogP contribution >= 0.6 is 11.8 Å². The summed E-state index contributed by atoms with van der Waals surface area (Å²) in [5, 5.41) is 3.12. The van der Waals surface area contributed by atoms with Crippen LogP contribution in [-0.2, 0) is 19.8 Å². The molecule has 0 heterocycles. The maximum absolute atomic E-state index is 12.2. The third-order valence-electron chi connectivity index (χ3n) is 2.98. The number of nitrogens with one attached hydrogen (secondary N) is 1. The lowest BCUT2D eigenvalue weighted by atomic mass is 9.92. The molecule has 0 spiro atoms. The molecule has 0 radical (unpaired) electrons. The van der Waals surface area contributed by atoms with Crippen molar-refractivity contribution in [1.82, 2.24) is 5.32 Å². The third-order valence-corrected chi connectivity index (χ3v) is 4.07. The first-order chi connectivity index (χ1) is 9.21. The summed E-state index contributed by atoms with van der Waals surface area (Å²) in [6.45, 7) is 0.667. The van der Waals surface area contributed by atoms with Crippen LogP contribution in [0.1, 0.15) is 5.56 Å². The SMILES string of the molecule is CNC(CSCCOC)(C(=O)OC)c1ccccc1. The van der Waals surface area contributed by atoms with Crippen LogP contribution in [0.3, 0.4) is 0 Å². The minimum absolute atomic E-state index is 0.272. The van der Waals surface area contributed by atoms with Crippen LogP contribution in [0.25, 0.3) is 0 Å². The number of thioether (sulfide) groups is 1. The molecule has 0 aromatic heterocycles. The highest BCUT2D eigenvalue weighted by atomic mass is 32.2. The quantitative estimate of drug-likeness (QED) is 0.581. The summed E-state index contributed by atoms with van der Waals surface area (Å²) in [5.74, 6) is 1.17. The topological polar surface area (TPSA) is 47.6 Å². The minimum atomic E-state index is -0.811. The van der Waals surface area contributed by atoms with Gasteiger partial charge in [-0.2, -0.15) is 11.8 Å². The summed E-state index contributed by atoms with van der Waals surface area (Å²) in [6.07, 6.45) is 0. The lowest BCUT2D eigenvalue weighted by Gasteiger charge is -2.30. The largest absolute Gasteiger partial charge is 0.467 e. The van der Waals surface area contributed by atoms with Gasteiger partial charge in [-0.25, -0.2) is 4.79 Å². The average Bonchev–Trinajstić information content (AvgIpc) is 2.48. The smallest absolute Gasteiger partial charge is 0.331 e. The molecule has 5 heteroatoms. The molecule has 0 amide bonds. The van der Waals surface area contributed by atoms with E-state index in [9.17, 15) is 4.79 Å². The van der Waals surface area contributed by atoms with E-state index in [2.05, 4.69) is 5.32 Å². The van der Waals surface area contributed by atoms with Gasteiger partial charge >= 0.3 is 5.97 Å². The van der Waals surface area contributed by atoms with Crippen LogP contribution in [0.15, 0.2) is 30.3 Å². The molecule has 0 aliphatic rings. The number of rotatable bonds is 8. The van der Waals surface area contributed by atoms with Gasteiger partial charge in [-0.15, -0.1) is 0 Å². The van der Waals surface area contributed by atoms with Crippen molar-refractivity contribution < 1.29 is 14.3 Å². The van der Waals surface area contributed by atoms with Crippen molar-refractivity contribution in [3.8, 4) is 0 Å². The highest BCUT2D eigenvalue weighted by molar-refractivity contribution is 7.99. The first-order valence-corrected chi connectivity index (χ1v) is 7.26. The molecule has 0 saturated heterocycles. The fraction of sp³-hybridized carbons (Fsp3) is 0.500. The number of benzene rings is 1. The molecule has 0 saturated carbocycles. The molecule has 0 fully saturated rings. The molecule has 0 bridgehead atoms. The van der Waals surface area contributed by atoms with Crippen LogP contribution < -0.4 is 5.32 Å². The number of esters is 1. The number of hydrogen-bond acceptors (Lipinski definition) is 5. The first kappa shape index (κ1) is 16.0. The average molecular weight is 283 g/mol. The Morgan fingerprint density at radius 2 is 2.00 bits per heavy atom. The molecule has 4 nitrogen and oxygen atoms in total. The molecule has 1 unspecified atom stereocenters. The van der Waals surface area contributed by atoms with Gasteiger partial charge < -0.3 is 14.8 Å². The van der Waals surface area contributed by atoms with Crippen LogP contribution in [0.4, 0.5) is 0 Å². The summed E-state index contributed by atoms with van der Waals surface area (Å²) in [5.41, 5.74) is 0.100. The maximum Gasteiger partial charge on any atom is 0.331 e. The number of likely N-dealkylation sites (N-methyl/N-ethyl adjacent to an activating group) is 1. The van der Waals surface area contributed by atoms with E-state index in [1.807, 2.05) is 30.3 Å². The fourth-order valence-corrected chi connectivity index (χ4v) is 3.01. The Bertz CT molecular complexity index is 386. The molecule has 19 heavy (non-hydrogen) atoms. The normalized spacial score (nSPS) is 13.8. The highest BCUT2D eigenvalue weighted by Gasteiger charge is 2.39. The molecule has 1 aromatic rings. The van der Waals surface area contributed by atoms with E-state index >= 15 is 0 Å². The van der Waals surface area contributed by atoms with Gasteiger partial charge in [0.2, 0.25) is 0 Å². The Labute approximate surface area is 118 Å². The minimum Gasteiger partial charge on any atom is -0.467 e. The van der Waals surface area contributed by atoms with Crippen LogP contribution in [-0.4, -0.2) is 45.3 Å². The Morgan fingerprint density at radius 1 is 1.32 bits per heavy atom. The fourth-order valence-electron chi connectivity index (χ4n) is 1.84. The number of hydrogen-bond donors (Lipinski definition) is 1. The van der Waals surface area contributed by atoms with E-state index < -0.39 is 5.54 Å². The maximum atomic E-state index is 12.2. The second kappa shape index (κ2) is 8.19. The van der Waals surface area contributed by atoms with Crippen molar-refractivity contribution in [1.29, 1.82) is 0 Å². The van der Waals surface area contributed by atoms with Gasteiger partial charge in [-0.3, -0.25) is 0 Å². The predicted molar refractivity (Wildman–Crippen MR) is 78.4 cm³/mol. The van der Waals surface area contributed by atoms with E-state index in [-0.39, 0.29) is 5.97 Å². The second-order valence-corrected chi connectivity index (χ2v) is 5.16.